The summed E-state index contributed by atoms with van der Waals surface area (Å²) in [6.45, 7) is 4.69. The zero-order valence-electron chi connectivity index (χ0n) is 10.4. The summed E-state index contributed by atoms with van der Waals surface area (Å²) < 4.78 is 1.96. The Morgan fingerprint density at radius 2 is 2.00 bits per heavy atom. The number of hydrogen-bond donors (Lipinski definition) is 1. The van der Waals surface area contributed by atoms with Crippen molar-refractivity contribution >= 4 is 5.69 Å². The highest BCUT2D eigenvalue weighted by molar-refractivity contribution is 5.30. The van der Waals surface area contributed by atoms with Gasteiger partial charge in [0.1, 0.15) is 0 Å². The number of likely N-dealkylation sites (tertiary alicyclic amines) is 1. The highest BCUT2D eigenvalue weighted by Gasteiger charge is 2.29. The molecule has 17 heavy (non-hydrogen) atoms. The van der Waals surface area contributed by atoms with Crippen molar-refractivity contribution < 1.29 is 0 Å². The minimum absolute atomic E-state index is 0.764. The summed E-state index contributed by atoms with van der Waals surface area (Å²) >= 11 is 0. The normalized spacial score (nSPS) is 29.4. The molecule has 0 spiro atoms. The van der Waals surface area contributed by atoms with Crippen LogP contribution in [0, 0.1) is 11.8 Å². The Balaban J connectivity index is 1.52. The molecule has 1 saturated heterocycles. The van der Waals surface area contributed by atoms with Crippen molar-refractivity contribution in [2.45, 2.75) is 32.2 Å². The fourth-order valence-corrected chi connectivity index (χ4v) is 3.47. The van der Waals surface area contributed by atoms with Crippen LogP contribution < -0.4 is 5.73 Å². The third-order valence-corrected chi connectivity index (χ3v) is 4.22. The van der Waals surface area contributed by atoms with E-state index in [0.717, 1.165) is 30.6 Å². The molecule has 4 heteroatoms. The summed E-state index contributed by atoms with van der Waals surface area (Å²) in [4.78, 5) is 2.62. The molecular formula is C13H22N4. The van der Waals surface area contributed by atoms with Gasteiger partial charge in [-0.1, -0.05) is 6.42 Å². The van der Waals surface area contributed by atoms with Crippen LogP contribution in [-0.4, -0.2) is 34.3 Å². The van der Waals surface area contributed by atoms with Crippen LogP contribution in [0.2, 0.25) is 0 Å². The summed E-state index contributed by atoms with van der Waals surface area (Å²) in [6, 6.07) is 0. The van der Waals surface area contributed by atoms with E-state index < -0.39 is 0 Å². The Morgan fingerprint density at radius 1 is 1.24 bits per heavy atom. The van der Waals surface area contributed by atoms with E-state index in [2.05, 4.69) is 10.00 Å². The number of anilines is 1. The van der Waals surface area contributed by atoms with Crippen LogP contribution in [0.15, 0.2) is 12.4 Å². The molecule has 94 valence electrons. The number of hydrogen-bond acceptors (Lipinski definition) is 3. The molecule has 0 amide bonds. The van der Waals surface area contributed by atoms with Crippen molar-refractivity contribution in [2.75, 3.05) is 25.4 Å². The van der Waals surface area contributed by atoms with Crippen LogP contribution in [0.4, 0.5) is 5.69 Å². The fourth-order valence-electron chi connectivity index (χ4n) is 3.47. The summed E-state index contributed by atoms with van der Waals surface area (Å²) in [6.07, 6.45) is 9.48. The molecule has 0 aromatic carbocycles. The van der Waals surface area contributed by atoms with E-state index >= 15 is 0 Å². The standard InChI is InChI=1S/C13H22N4/c14-13-7-15-17(10-13)5-4-16-8-11-2-1-3-12(6-11)9-16/h7,10-12H,1-6,8-9,14H2. The average molecular weight is 234 g/mol. The van der Waals surface area contributed by atoms with E-state index in [1.54, 1.807) is 6.20 Å². The highest BCUT2D eigenvalue weighted by atomic mass is 15.3. The van der Waals surface area contributed by atoms with E-state index in [9.17, 15) is 0 Å². The van der Waals surface area contributed by atoms with Gasteiger partial charge in [0.15, 0.2) is 0 Å². The Kier molecular flexibility index (Phi) is 3.05. The predicted molar refractivity (Wildman–Crippen MR) is 68.5 cm³/mol. The molecule has 1 saturated carbocycles. The van der Waals surface area contributed by atoms with Crippen LogP contribution in [-0.2, 0) is 6.54 Å². The molecular weight excluding hydrogens is 212 g/mol. The van der Waals surface area contributed by atoms with Gasteiger partial charge in [0.2, 0.25) is 0 Å². The number of aromatic nitrogens is 2. The molecule has 0 radical (unpaired) electrons. The fraction of sp³-hybridized carbons (Fsp3) is 0.769. The summed E-state index contributed by atoms with van der Waals surface area (Å²) in [5, 5.41) is 4.24. The van der Waals surface area contributed by atoms with Crippen molar-refractivity contribution in [1.29, 1.82) is 0 Å². The van der Waals surface area contributed by atoms with Crippen molar-refractivity contribution in [2.24, 2.45) is 11.8 Å². The van der Waals surface area contributed by atoms with Crippen LogP contribution in [0.25, 0.3) is 0 Å². The van der Waals surface area contributed by atoms with Gasteiger partial charge in [-0.25, -0.2) is 0 Å². The minimum Gasteiger partial charge on any atom is -0.396 e. The van der Waals surface area contributed by atoms with Crippen LogP contribution >= 0.6 is 0 Å². The molecule has 2 N–H and O–H groups in total. The van der Waals surface area contributed by atoms with Crippen LogP contribution in [0.3, 0.4) is 0 Å². The quantitative estimate of drug-likeness (QED) is 0.864. The third kappa shape index (κ3) is 2.63. The van der Waals surface area contributed by atoms with E-state index in [-0.39, 0.29) is 0 Å². The minimum atomic E-state index is 0.764. The third-order valence-electron chi connectivity index (χ3n) is 4.22. The first kappa shape index (κ1) is 11.1. The monoisotopic (exact) mass is 234 g/mol. The zero-order chi connectivity index (χ0) is 11.7. The zero-order valence-corrected chi connectivity index (χ0v) is 10.4. The topological polar surface area (TPSA) is 47.1 Å². The number of nitrogens with two attached hydrogens (primary N) is 1. The highest BCUT2D eigenvalue weighted by Crippen LogP contribution is 2.34. The molecule has 1 aliphatic carbocycles. The first-order valence-corrected chi connectivity index (χ1v) is 6.80. The summed E-state index contributed by atoms with van der Waals surface area (Å²) in [5.41, 5.74) is 6.43. The van der Waals surface area contributed by atoms with Crippen molar-refractivity contribution in [1.82, 2.24) is 14.7 Å². The van der Waals surface area contributed by atoms with Gasteiger partial charge in [-0.05, 0) is 31.1 Å². The second-order valence-corrected chi connectivity index (χ2v) is 5.69. The van der Waals surface area contributed by atoms with Gasteiger partial charge in [0.25, 0.3) is 0 Å². The van der Waals surface area contributed by atoms with E-state index in [0.29, 0.717) is 0 Å². The van der Waals surface area contributed by atoms with Crippen LogP contribution in [0.5, 0.6) is 0 Å². The Hall–Kier alpha value is -1.03. The van der Waals surface area contributed by atoms with Gasteiger partial charge < -0.3 is 10.6 Å². The van der Waals surface area contributed by atoms with Gasteiger partial charge in [0.05, 0.1) is 18.4 Å². The van der Waals surface area contributed by atoms with Gasteiger partial charge in [-0.15, -0.1) is 0 Å². The molecule has 2 unspecified atom stereocenters. The number of nitrogen functional groups attached to an aromatic ring is 1. The Labute approximate surface area is 103 Å². The lowest BCUT2D eigenvalue weighted by atomic mass is 9.78. The second-order valence-electron chi connectivity index (χ2n) is 5.69. The molecule has 2 heterocycles. The molecule has 2 fully saturated rings. The molecule has 2 bridgehead atoms. The van der Waals surface area contributed by atoms with Gasteiger partial charge in [-0.2, -0.15) is 5.10 Å². The number of nitrogens with zero attached hydrogens (tertiary/aromatic N) is 3. The van der Waals surface area contributed by atoms with Crippen molar-refractivity contribution in [3.63, 3.8) is 0 Å². The maximum atomic E-state index is 5.67. The maximum absolute atomic E-state index is 5.67. The van der Waals surface area contributed by atoms with Crippen LogP contribution in [0.1, 0.15) is 25.7 Å². The van der Waals surface area contributed by atoms with Gasteiger partial charge >= 0.3 is 0 Å². The Morgan fingerprint density at radius 3 is 2.65 bits per heavy atom. The molecule has 2 atom stereocenters. The van der Waals surface area contributed by atoms with E-state index in [4.69, 9.17) is 5.73 Å². The first-order valence-electron chi connectivity index (χ1n) is 6.80. The lowest BCUT2D eigenvalue weighted by Crippen LogP contribution is -2.43. The molecule has 1 aromatic rings. The lowest BCUT2D eigenvalue weighted by molar-refractivity contribution is 0.0827. The number of piperidine rings is 1. The molecule has 4 nitrogen and oxygen atoms in total. The summed E-state index contributed by atoms with van der Waals surface area (Å²) in [5.74, 6) is 1.93. The SMILES string of the molecule is Nc1cnn(CCN2CC3CCCC(C3)C2)c1. The Bertz CT molecular complexity index is 361. The predicted octanol–water partition coefficient (Wildman–Crippen LogP) is 1.59. The molecule has 3 rings (SSSR count). The molecule has 1 aliphatic heterocycles. The van der Waals surface area contributed by atoms with E-state index in [1.807, 2.05) is 10.9 Å². The summed E-state index contributed by atoms with van der Waals surface area (Å²) in [7, 11) is 0. The van der Waals surface area contributed by atoms with Crippen molar-refractivity contribution in [3.05, 3.63) is 12.4 Å². The lowest BCUT2D eigenvalue weighted by Gasteiger charge is -2.41. The van der Waals surface area contributed by atoms with E-state index in [1.165, 1.54) is 38.8 Å². The second kappa shape index (κ2) is 4.69. The average Bonchev–Trinajstić information content (AvgIpc) is 2.72. The first-order chi connectivity index (χ1) is 8.29. The van der Waals surface area contributed by atoms with Crippen molar-refractivity contribution in [3.8, 4) is 0 Å². The number of rotatable bonds is 3. The molecule has 1 aromatic heterocycles. The molecule has 2 aliphatic rings. The maximum Gasteiger partial charge on any atom is 0.0719 e. The largest absolute Gasteiger partial charge is 0.396 e. The van der Waals surface area contributed by atoms with Gasteiger partial charge in [0, 0.05) is 25.8 Å². The number of fused-ring (bicyclic) bond motifs is 2. The smallest absolute Gasteiger partial charge is 0.0719 e. The van der Waals surface area contributed by atoms with Gasteiger partial charge in [-0.3, -0.25) is 4.68 Å².